The summed E-state index contributed by atoms with van der Waals surface area (Å²) in [6.45, 7) is 1.99. The highest BCUT2D eigenvalue weighted by atomic mass is 32.2. The Morgan fingerprint density at radius 2 is 1.67 bits per heavy atom. The van der Waals surface area contributed by atoms with Crippen molar-refractivity contribution in [3.05, 3.63) is 60.2 Å². The number of benzene rings is 2. The summed E-state index contributed by atoms with van der Waals surface area (Å²) >= 11 is 1.41. The monoisotopic (exact) mass is 300 g/mol. The summed E-state index contributed by atoms with van der Waals surface area (Å²) in [5, 5.41) is 4.91. The number of amides is 3. The Labute approximate surface area is 127 Å². The van der Waals surface area contributed by atoms with E-state index in [1.165, 1.54) is 11.8 Å². The molecule has 0 atom stereocenters. The SMILES string of the molecule is Cc1ccccc1SCC(=O)NC(=O)Nc1ccccc1. The van der Waals surface area contributed by atoms with Gasteiger partial charge >= 0.3 is 6.03 Å². The topological polar surface area (TPSA) is 58.2 Å². The van der Waals surface area contributed by atoms with Crippen molar-refractivity contribution >= 4 is 29.4 Å². The summed E-state index contributed by atoms with van der Waals surface area (Å²) in [7, 11) is 0. The van der Waals surface area contributed by atoms with Gasteiger partial charge in [0.25, 0.3) is 0 Å². The first-order valence-electron chi connectivity index (χ1n) is 6.49. The molecule has 0 spiro atoms. The number of thioether (sulfide) groups is 1. The molecule has 2 aromatic carbocycles. The number of nitrogens with one attached hydrogen (secondary N) is 2. The van der Waals surface area contributed by atoms with Crippen molar-refractivity contribution in [1.29, 1.82) is 0 Å². The van der Waals surface area contributed by atoms with Crippen LogP contribution in [0.1, 0.15) is 5.56 Å². The molecular formula is C16H16N2O2S. The summed E-state index contributed by atoms with van der Waals surface area (Å²) in [6, 6.07) is 16.3. The molecule has 108 valence electrons. The second-order valence-electron chi connectivity index (χ2n) is 4.42. The van der Waals surface area contributed by atoms with Crippen LogP contribution in [0.15, 0.2) is 59.5 Å². The van der Waals surface area contributed by atoms with Gasteiger partial charge in [-0.05, 0) is 30.7 Å². The lowest BCUT2D eigenvalue weighted by Gasteiger charge is -2.07. The number of hydrogen-bond acceptors (Lipinski definition) is 3. The lowest BCUT2D eigenvalue weighted by molar-refractivity contribution is -0.117. The quantitative estimate of drug-likeness (QED) is 0.850. The van der Waals surface area contributed by atoms with Crippen LogP contribution in [-0.4, -0.2) is 17.7 Å². The van der Waals surface area contributed by atoms with E-state index < -0.39 is 6.03 Å². The molecule has 2 aromatic rings. The van der Waals surface area contributed by atoms with E-state index >= 15 is 0 Å². The van der Waals surface area contributed by atoms with Crippen LogP contribution in [0.5, 0.6) is 0 Å². The van der Waals surface area contributed by atoms with Crippen molar-refractivity contribution in [3.8, 4) is 0 Å². The summed E-state index contributed by atoms with van der Waals surface area (Å²) in [5.41, 5.74) is 1.76. The molecule has 0 fully saturated rings. The van der Waals surface area contributed by atoms with Crippen LogP contribution in [0.4, 0.5) is 10.5 Å². The maximum Gasteiger partial charge on any atom is 0.325 e. The third kappa shape index (κ3) is 4.96. The Kier molecular flexibility index (Phi) is 5.40. The molecule has 0 aliphatic rings. The fraction of sp³-hybridized carbons (Fsp3) is 0.125. The number of carbonyl (C=O) groups excluding carboxylic acids is 2. The highest BCUT2D eigenvalue weighted by molar-refractivity contribution is 8.00. The number of carbonyl (C=O) groups is 2. The largest absolute Gasteiger partial charge is 0.325 e. The van der Waals surface area contributed by atoms with E-state index in [-0.39, 0.29) is 11.7 Å². The van der Waals surface area contributed by atoms with E-state index in [2.05, 4.69) is 10.6 Å². The van der Waals surface area contributed by atoms with Crippen LogP contribution in [0.3, 0.4) is 0 Å². The van der Waals surface area contributed by atoms with Crippen molar-refractivity contribution in [2.75, 3.05) is 11.1 Å². The molecule has 5 heteroatoms. The molecule has 0 aromatic heterocycles. The Bertz CT molecular complexity index is 629. The highest BCUT2D eigenvalue weighted by Crippen LogP contribution is 2.21. The Hall–Kier alpha value is -2.27. The molecule has 3 amide bonds. The van der Waals surface area contributed by atoms with Crippen LogP contribution in [0, 0.1) is 6.92 Å². The Morgan fingerprint density at radius 3 is 2.38 bits per heavy atom. The van der Waals surface area contributed by atoms with Crippen molar-refractivity contribution in [2.45, 2.75) is 11.8 Å². The van der Waals surface area contributed by atoms with E-state index in [0.717, 1.165) is 10.5 Å². The summed E-state index contributed by atoms with van der Waals surface area (Å²) < 4.78 is 0. The molecular weight excluding hydrogens is 284 g/mol. The van der Waals surface area contributed by atoms with E-state index in [1.807, 2.05) is 49.4 Å². The van der Waals surface area contributed by atoms with Crippen molar-refractivity contribution < 1.29 is 9.59 Å². The first-order chi connectivity index (χ1) is 10.1. The maximum absolute atomic E-state index is 11.7. The summed E-state index contributed by atoms with van der Waals surface area (Å²) in [4.78, 5) is 24.4. The van der Waals surface area contributed by atoms with Gasteiger partial charge in [0.15, 0.2) is 0 Å². The van der Waals surface area contributed by atoms with Crippen molar-refractivity contribution in [2.24, 2.45) is 0 Å². The Morgan fingerprint density at radius 1 is 1.00 bits per heavy atom. The highest BCUT2D eigenvalue weighted by Gasteiger charge is 2.09. The van der Waals surface area contributed by atoms with Gasteiger partial charge in [-0.15, -0.1) is 11.8 Å². The molecule has 0 unspecified atom stereocenters. The minimum absolute atomic E-state index is 0.201. The average Bonchev–Trinajstić information content (AvgIpc) is 2.47. The first-order valence-corrected chi connectivity index (χ1v) is 7.48. The summed E-state index contributed by atoms with van der Waals surface area (Å²) in [6.07, 6.45) is 0. The van der Waals surface area contributed by atoms with Crippen LogP contribution in [0.2, 0.25) is 0 Å². The second kappa shape index (κ2) is 7.50. The molecule has 0 bridgehead atoms. The lowest BCUT2D eigenvalue weighted by Crippen LogP contribution is -2.35. The maximum atomic E-state index is 11.7. The number of aryl methyl sites for hydroxylation is 1. The van der Waals surface area contributed by atoms with Crippen molar-refractivity contribution in [1.82, 2.24) is 5.32 Å². The summed E-state index contributed by atoms with van der Waals surface area (Å²) in [5.74, 6) is -0.121. The molecule has 0 heterocycles. The normalized spacial score (nSPS) is 9.95. The molecule has 0 saturated carbocycles. The molecule has 0 aliphatic carbocycles. The Balaban J connectivity index is 1.79. The van der Waals surface area contributed by atoms with Crippen LogP contribution >= 0.6 is 11.8 Å². The lowest BCUT2D eigenvalue weighted by atomic mass is 10.2. The molecule has 2 N–H and O–H groups in total. The van der Waals surface area contributed by atoms with Gasteiger partial charge in [0.05, 0.1) is 5.75 Å². The molecule has 0 aliphatic heterocycles. The number of para-hydroxylation sites is 1. The third-order valence-corrected chi connectivity index (χ3v) is 3.91. The minimum Gasteiger partial charge on any atom is -0.308 e. The molecule has 21 heavy (non-hydrogen) atoms. The van der Waals surface area contributed by atoms with Gasteiger partial charge in [-0.1, -0.05) is 36.4 Å². The molecule has 4 nitrogen and oxygen atoms in total. The predicted molar refractivity (Wildman–Crippen MR) is 85.5 cm³/mol. The smallest absolute Gasteiger partial charge is 0.308 e. The van der Waals surface area contributed by atoms with E-state index in [1.54, 1.807) is 12.1 Å². The number of hydrogen-bond donors (Lipinski definition) is 2. The number of rotatable bonds is 4. The van der Waals surface area contributed by atoms with Gasteiger partial charge < -0.3 is 5.32 Å². The fourth-order valence-corrected chi connectivity index (χ4v) is 2.54. The van der Waals surface area contributed by atoms with Gasteiger partial charge in [-0.25, -0.2) is 4.79 Å². The zero-order valence-electron chi connectivity index (χ0n) is 11.6. The van der Waals surface area contributed by atoms with Gasteiger partial charge in [0.2, 0.25) is 5.91 Å². The fourth-order valence-electron chi connectivity index (χ4n) is 1.71. The van der Waals surface area contributed by atoms with Crippen LogP contribution in [0.25, 0.3) is 0 Å². The standard InChI is InChI=1S/C16H16N2O2S/c1-12-7-5-6-10-14(12)21-11-15(19)18-16(20)17-13-8-3-2-4-9-13/h2-10H,11H2,1H3,(H2,17,18,19,20). The second-order valence-corrected chi connectivity index (χ2v) is 5.44. The molecule has 2 rings (SSSR count). The zero-order valence-corrected chi connectivity index (χ0v) is 12.4. The van der Waals surface area contributed by atoms with Gasteiger partial charge in [0.1, 0.15) is 0 Å². The number of urea groups is 1. The van der Waals surface area contributed by atoms with Crippen LogP contribution in [-0.2, 0) is 4.79 Å². The number of anilines is 1. The van der Waals surface area contributed by atoms with E-state index in [0.29, 0.717) is 5.69 Å². The van der Waals surface area contributed by atoms with Crippen LogP contribution < -0.4 is 10.6 Å². The van der Waals surface area contributed by atoms with Gasteiger partial charge in [-0.3, -0.25) is 10.1 Å². The van der Waals surface area contributed by atoms with E-state index in [4.69, 9.17) is 0 Å². The van der Waals surface area contributed by atoms with Crippen molar-refractivity contribution in [3.63, 3.8) is 0 Å². The minimum atomic E-state index is -0.517. The third-order valence-electron chi connectivity index (χ3n) is 2.74. The predicted octanol–water partition coefficient (Wildman–Crippen LogP) is 3.44. The zero-order chi connectivity index (χ0) is 15.1. The van der Waals surface area contributed by atoms with Gasteiger partial charge in [-0.2, -0.15) is 0 Å². The average molecular weight is 300 g/mol. The number of imide groups is 1. The molecule has 0 radical (unpaired) electrons. The van der Waals surface area contributed by atoms with E-state index in [9.17, 15) is 9.59 Å². The molecule has 0 saturated heterocycles. The first kappa shape index (κ1) is 15.1. The van der Waals surface area contributed by atoms with Gasteiger partial charge in [0, 0.05) is 10.6 Å².